The van der Waals surface area contributed by atoms with Crippen LogP contribution in [0.1, 0.15) is 11.1 Å². The van der Waals surface area contributed by atoms with Crippen LogP contribution in [0.2, 0.25) is 0 Å². The molecule has 0 amide bonds. The number of hydrogen-bond donors (Lipinski definition) is 1. The molecule has 0 atom stereocenters. The van der Waals surface area contributed by atoms with E-state index >= 15 is 0 Å². The fraction of sp³-hybridized carbons (Fsp3) is 0.143. The Morgan fingerprint density at radius 2 is 1.42 bits per heavy atom. The van der Waals surface area contributed by atoms with E-state index in [4.69, 9.17) is 9.47 Å². The minimum absolute atomic E-state index is 0.318. The Labute approximate surface area is 141 Å². The molecular weight excluding hydrogens is 298 g/mol. The summed E-state index contributed by atoms with van der Waals surface area (Å²) in [5, 5.41) is 3.49. The normalized spacial score (nSPS) is 12.3. The highest BCUT2D eigenvalue weighted by atomic mass is 16.7. The van der Waals surface area contributed by atoms with Crippen molar-refractivity contribution >= 4 is 0 Å². The van der Waals surface area contributed by atoms with Crippen molar-refractivity contribution in [1.29, 1.82) is 0 Å². The quantitative estimate of drug-likeness (QED) is 0.758. The molecule has 3 aromatic carbocycles. The van der Waals surface area contributed by atoms with E-state index in [1.807, 2.05) is 18.2 Å². The molecule has 1 aliphatic heterocycles. The molecular formula is C21H19NO2. The summed E-state index contributed by atoms with van der Waals surface area (Å²) in [6, 6.07) is 25.2. The topological polar surface area (TPSA) is 30.5 Å². The third kappa shape index (κ3) is 3.26. The Kier molecular flexibility index (Phi) is 4.17. The van der Waals surface area contributed by atoms with Gasteiger partial charge < -0.3 is 14.8 Å². The van der Waals surface area contributed by atoms with Crippen molar-refractivity contribution in [3.8, 4) is 22.6 Å². The van der Waals surface area contributed by atoms with Gasteiger partial charge in [-0.15, -0.1) is 0 Å². The van der Waals surface area contributed by atoms with E-state index in [1.54, 1.807) is 0 Å². The molecule has 3 heteroatoms. The standard InChI is InChI=1S/C21H19NO2/c1-2-6-18(7-3-1)19-8-4-5-16(11-19)13-22-14-17-9-10-20-21(12-17)24-15-23-20/h1-12,22H,13-15H2. The zero-order chi connectivity index (χ0) is 16.2. The van der Waals surface area contributed by atoms with Gasteiger partial charge in [-0.05, 0) is 40.5 Å². The number of rotatable bonds is 5. The lowest BCUT2D eigenvalue weighted by Crippen LogP contribution is -2.12. The van der Waals surface area contributed by atoms with Crippen molar-refractivity contribution in [2.45, 2.75) is 13.1 Å². The van der Waals surface area contributed by atoms with Crippen LogP contribution in [0, 0.1) is 0 Å². The molecule has 0 saturated heterocycles. The summed E-state index contributed by atoms with van der Waals surface area (Å²) in [7, 11) is 0. The SMILES string of the molecule is c1ccc(-c2cccc(CNCc3ccc4c(c3)OCO4)c2)cc1. The molecule has 3 nitrogen and oxygen atoms in total. The first-order valence-corrected chi connectivity index (χ1v) is 8.12. The molecule has 0 bridgehead atoms. The van der Waals surface area contributed by atoms with Crippen LogP contribution in [0.15, 0.2) is 72.8 Å². The van der Waals surface area contributed by atoms with E-state index in [0.29, 0.717) is 6.79 Å². The first-order valence-electron chi connectivity index (χ1n) is 8.12. The van der Waals surface area contributed by atoms with Crippen molar-refractivity contribution in [1.82, 2.24) is 5.32 Å². The first-order chi connectivity index (χ1) is 11.9. The summed E-state index contributed by atoms with van der Waals surface area (Å²) >= 11 is 0. The lowest BCUT2D eigenvalue weighted by molar-refractivity contribution is 0.174. The summed E-state index contributed by atoms with van der Waals surface area (Å²) in [4.78, 5) is 0. The van der Waals surface area contributed by atoms with Crippen LogP contribution in [0.25, 0.3) is 11.1 Å². The third-order valence-electron chi connectivity index (χ3n) is 4.13. The van der Waals surface area contributed by atoms with Crippen LogP contribution in [0.5, 0.6) is 11.5 Å². The molecule has 0 unspecified atom stereocenters. The van der Waals surface area contributed by atoms with Gasteiger partial charge in [0, 0.05) is 13.1 Å². The highest BCUT2D eigenvalue weighted by Gasteiger charge is 2.12. The van der Waals surface area contributed by atoms with E-state index in [-0.39, 0.29) is 0 Å². The average Bonchev–Trinajstić information content (AvgIpc) is 3.11. The van der Waals surface area contributed by atoms with Crippen molar-refractivity contribution in [2.75, 3.05) is 6.79 Å². The van der Waals surface area contributed by atoms with E-state index in [1.165, 1.54) is 22.3 Å². The van der Waals surface area contributed by atoms with Gasteiger partial charge in [-0.25, -0.2) is 0 Å². The highest BCUT2D eigenvalue weighted by Crippen LogP contribution is 2.32. The van der Waals surface area contributed by atoms with Gasteiger partial charge in [0.15, 0.2) is 11.5 Å². The predicted octanol–water partition coefficient (Wildman–Crippen LogP) is 4.37. The van der Waals surface area contributed by atoms with Gasteiger partial charge in [0.2, 0.25) is 6.79 Å². The van der Waals surface area contributed by atoms with Crippen LogP contribution in [-0.4, -0.2) is 6.79 Å². The van der Waals surface area contributed by atoms with Crippen molar-refractivity contribution in [3.63, 3.8) is 0 Å². The first kappa shape index (κ1) is 14.8. The Morgan fingerprint density at radius 3 is 2.29 bits per heavy atom. The fourth-order valence-electron chi connectivity index (χ4n) is 2.89. The molecule has 1 aliphatic rings. The third-order valence-corrected chi connectivity index (χ3v) is 4.13. The van der Waals surface area contributed by atoms with Gasteiger partial charge in [0.1, 0.15) is 0 Å². The van der Waals surface area contributed by atoms with Gasteiger partial charge in [-0.3, -0.25) is 0 Å². The lowest BCUT2D eigenvalue weighted by atomic mass is 10.0. The van der Waals surface area contributed by atoms with Crippen LogP contribution < -0.4 is 14.8 Å². The summed E-state index contributed by atoms with van der Waals surface area (Å²) in [5.74, 6) is 1.66. The maximum Gasteiger partial charge on any atom is 0.231 e. The highest BCUT2D eigenvalue weighted by molar-refractivity contribution is 5.63. The second-order valence-electron chi connectivity index (χ2n) is 5.86. The summed E-state index contributed by atoms with van der Waals surface area (Å²) < 4.78 is 10.8. The molecule has 0 aliphatic carbocycles. The molecule has 3 aromatic rings. The summed E-state index contributed by atoms with van der Waals surface area (Å²) in [6.45, 7) is 1.94. The zero-order valence-electron chi connectivity index (χ0n) is 13.4. The number of hydrogen-bond acceptors (Lipinski definition) is 3. The maximum absolute atomic E-state index is 5.42. The second-order valence-corrected chi connectivity index (χ2v) is 5.86. The molecule has 120 valence electrons. The van der Waals surface area contributed by atoms with Crippen molar-refractivity contribution in [3.05, 3.63) is 83.9 Å². The van der Waals surface area contributed by atoms with Crippen molar-refractivity contribution in [2.24, 2.45) is 0 Å². The summed E-state index contributed by atoms with van der Waals surface area (Å²) in [5.41, 5.74) is 4.96. The van der Waals surface area contributed by atoms with Crippen LogP contribution in [0.4, 0.5) is 0 Å². The number of benzene rings is 3. The van der Waals surface area contributed by atoms with Gasteiger partial charge >= 0.3 is 0 Å². The number of nitrogens with one attached hydrogen (secondary N) is 1. The Balaban J connectivity index is 1.39. The van der Waals surface area contributed by atoms with E-state index in [2.05, 4.69) is 59.9 Å². The predicted molar refractivity (Wildman–Crippen MR) is 95.0 cm³/mol. The molecule has 1 N–H and O–H groups in total. The molecule has 0 fully saturated rings. The van der Waals surface area contributed by atoms with Gasteiger partial charge in [-0.1, -0.05) is 54.6 Å². The van der Waals surface area contributed by atoms with E-state index in [9.17, 15) is 0 Å². The molecule has 0 radical (unpaired) electrons. The van der Waals surface area contributed by atoms with E-state index < -0.39 is 0 Å². The Hall–Kier alpha value is -2.78. The van der Waals surface area contributed by atoms with Crippen molar-refractivity contribution < 1.29 is 9.47 Å². The maximum atomic E-state index is 5.42. The Morgan fingerprint density at radius 1 is 0.667 bits per heavy atom. The molecule has 0 saturated carbocycles. The van der Waals surface area contributed by atoms with Crippen LogP contribution >= 0.6 is 0 Å². The fourth-order valence-corrected chi connectivity index (χ4v) is 2.89. The Bertz CT molecular complexity index is 830. The zero-order valence-corrected chi connectivity index (χ0v) is 13.4. The van der Waals surface area contributed by atoms with Crippen LogP contribution in [-0.2, 0) is 13.1 Å². The smallest absolute Gasteiger partial charge is 0.231 e. The largest absolute Gasteiger partial charge is 0.454 e. The average molecular weight is 317 g/mol. The molecule has 4 rings (SSSR count). The van der Waals surface area contributed by atoms with Gasteiger partial charge in [0.05, 0.1) is 0 Å². The second kappa shape index (κ2) is 6.77. The lowest BCUT2D eigenvalue weighted by Gasteiger charge is -2.08. The van der Waals surface area contributed by atoms with Gasteiger partial charge in [0.25, 0.3) is 0 Å². The molecule has 24 heavy (non-hydrogen) atoms. The molecule has 1 heterocycles. The minimum Gasteiger partial charge on any atom is -0.454 e. The monoisotopic (exact) mass is 317 g/mol. The minimum atomic E-state index is 0.318. The van der Waals surface area contributed by atoms with Gasteiger partial charge in [-0.2, -0.15) is 0 Å². The summed E-state index contributed by atoms with van der Waals surface area (Å²) in [6.07, 6.45) is 0. The number of fused-ring (bicyclic) bond motifs is 1. The number of ether oxygens (including phenoxy) is 2. The molecule has 0 spiro atoms. The van der Waals surface area contributed by atoms with E-state index in [0.717, 1.165) is 24.6 Å². The molecule has 0 aromatic heterocycles. The van der Waals surface area contributed by atoms with Crippen LogP contribution in [0.3, 0.4) is 0 Å².